The molecule has 0 unspecified atom stereocenters. The van der Waals surface area contributed by atoms with Gasteiger partial charge in [0, 0.05) is 24.7 Å². The Morgan fingerprint density at radius 2 is 2.29 bits per heavy atom. The van der Waals surface area contributed by atoms with Crippen LogP contribution in [-0.4, -0.2) is 18.5 Å². The van der Waals surface area contributed by atoms with Gasteiger partial charge in [-0.2, -0.15) is 0 Å². The maximum absolute atomic E-state index is 11.5. The van der Waals surface area contributed by atoms with Crippen LogP contribution in [0.5, 0.6) is 0 Å². The Bertz CT molecular complexity index is 362. The summed E-state index contributed by atoms with van der Waals surface area (Å²) in [6, 6.07) is 7.92. The summed E-state index contributed by atoms with van der Waals surface area (Å²) in [6.45, 7) is 2.66. The minimum atomic E-state index is -0.0111. The third-order valence-electron chi connectivity index (χ3n) is 2.47. The molecule has 1 aromatic carbocycles. The second-order valence-electron chi connectivity index (χ2n) is 3.81. The second kappa shape index (κ2) is 3.42. The van der Waals surface area contributed by atoms with Gasteiger partial charge >= 0.3 is 0 Å². The molecule has 1 heterocycles. The van der Waals surface area contributed by atoms with Crippen molar-refractivity contribution in [1.29, 1.82) is 0 Å². The van der Waals surface area contributed by atoms with Crippen LogP contribution >= 0.6 is 0 Å². The van der Waals surface area contributed by atoms with Crippen LogP contribution in [0.15, 0.2) is 24.3 Å². The monoisotopic (exact) mass is 190 g/mol. The molecule has 0 aliphatic carbocycles. The van der Waals surface area contributed by atoms with Gasteiger partial charge in [0.15, 0.2) is 0 Å². The summed E-state index contributed by atoms with van der Waals surface area (Å²) in [4.78, 5) is 13.3. The summed E-state index contributed by atoms with van der Waals surface area (Å²) in [6.07, 6.45) is 0.466. The SMILES string of the molecule is Cc1cccc(N2C[C@H](N)CC2=O)c1. The molecule has 3 heteroatoms. The van der Waals surface area contributed by atoms with Crippen molar-refractivity contribution in [3.05, 3.63) is 29.8 Å². The van der Waals surface area contributed by atoms with E-state index in [1.807, 2.05) is 31.2 Å². The fourth-order valence-electron chi connectivity index (χ4n) is 1.78. The first-order valence-electron chi connectivity index (χ1n) is 4.79. The van der Waals surface area contributed by atoms with Crippen LogP contribution in [0.25, 0.3) is 0 Å². The molecule has 1 amide bonds. The molecule has 1 fully saturated rings. The van der Waals surface area contributed by atoms with E-state index in [0.29, 0.717) is 13.0 Å². The van der Waals surface area contributed by atoms with E-state index in [0.717, 1.165) is 11.3 Å². The number of carbonyl (C=O) groups excluding carboxylic acids is 1. The first-order valence-corrected chi connectivity index (χ1v) is 4.79. The molecule has 0 bridgehead atoms. The number of hydrogen-bond donors (Lipinski definition) is 1. The van der Waals surface area contributed by atoms with Gasteiger partial charge in [0.2, 0.25) is 5.91 Å². The Balaban J connectivity index is 2.27. The number of hydrogen-bond acceptors (Lipinski definition) is 2. The van der Waals surface area contributed by atoms with Crippen LogP contribution in [0, 0.1) is 6.92 Å². The van der Waals surface area contributed by atoms with Gasteiger partial charge in [-0.25, -0.2) is 0 Å². The molecule has 0 saturated carbocycles. The number of anilines is 1. The maximum Gasteiger partial charge on any atom is 0.228 e. The number of nitrogens with zero attached hydrogens (tertiary/aromatic N) is 1. The van der Waals surface area contributed by atoms with Crippen LogP contribution in [0.3, 0.4) is 0 Å². The van der Waals surface area contributed by atoms with E-state index >= 15 is 0 Å². The molecular formula is C11H14N2O. The summed E-state index contributed by atoms with van der Waals surface area (Å²) in [7, 11) is 0. The molecule has 14 heavy (non-hydrogen) atoms. The van der Waals surface area contributed by atoms with Crippen molar-refractivity contribution in [3.63, 3.8) is 0 Å². The molecule has 0 aromatic heterocycles. The third kappa shape index (κ3) is 1.63. The second-order valence-corrected chi connectivity index (χ2v) is 3.81. The summed E-state index contributed by atoms with van der Waals surface area (Å²) in [5, 5.41) is 0. The zero-order valence-electron chi connectivity index (χ0n) is 8.23. The van der Waals surface area contributed by atoms with Crippen LogP contribution in [0.4, 0.5) is 5.69 Å². The highest BCUT2D eigenvalue weighted by atomic mass is 16.2. The van der Waals surface area contributed by atoms with Crippen molar-refractivity contribution in [1.82, 2.24) is 0 Å². The minimum absolute atomic E-state index is 0.0111. The highest BCUT2D eigenvalue weighted by molar-refractivity contribution is 5.96. The number of nitrogens with two attached hydrogens (primary N) is 1. The highest BCUT2D eigenvalue weighted by Gasteiger charge is 2.27. The lowest BCUT2D eigenvalue weighted by molar-refractivity contribution is -0.117. The molecule has 1 aliphatic rings. The van der Waals surface area contributed by atoms with Gasteiger partial charge in [-0.1, -0.05) is 12.1 Å². The highest BCUT2D eigenvalue weighted by Crippen LogP contribution is 2.21. The number of carbonyl (C=O) groups is 1. The van der Waals surface area contributed by atoms with Gasteiger partial charge in [0.1, 0.15) is 0 Å². The maximum atomic E-state index is 11.5. The van der Waals surface area contributed by atoms with Crippen molar-refractivity contribution in [2.45, 2.75) is 19.4 Å². The third-order valence-corrected chi connectivity index (χ3v) is 2.47. The summed E-state index contributed by atoms with van der Waals surface area (Å²) in [5.41, 5.74) is 7.85. The van der Waals surface area contributed by atoms with E-state index in [4.69, 9.17) is 5.73 Å². The molecule has 1 aliphatic heterocycles. The van der Waals surface area contributed by atoms with Gasteiger partial charge in [-0.15, -0.1) is 0 Å². The quantitative estimate of drug-likeness (QED) is 0.719. The van der Waals surface area contributed by atoms with Crippen molar-refractivity contribution in [2.75, 3.05) is 11.4 Å². The Morgan fingerprint density at radius 3 is 2.86 bits per heavy atom. The molecule has 74 valence electrons. The van der Waals surface area contributed by atoms with Crippen LogP contribution < -0.4 is 10.6 Å². The Kier molecular flexibility index (Phi) is 2.25. The normalized spacial score (nSPS) is 21.7. The first kappa shape index (κ1) is 9.21. The lowest BCUT2D eigenvalue weighted by atomic mass is 10.2. The predicted octanol–water partition coefficient (Wildman–Crippen LogP) is 1.06. The fourth-order valence-corrected chi connectivity index (χ4v) is 1.78. The van der Waals surface area contributed by atoms with Crippen molar-refractivity contribution < 1.29 is 4.79 Å². The molecule has 3 nitrogen and oxygen atoms in total. The lowest BCUT2D eigenvalue weighted by Gasteiger charge is -2.16. The molecule has 0 radical (unpaired) electrons. The molecule has 1 saturated heterocycles. The average molecular weight is 190 g/mol. The van der Waals surface area contributed by atoms with Crippen LogP contribution in [-0.2, 0) is 4.79 Å². The molecule has 0 spiro atoms. The fraction of sp³-hybridized carbons (Fsp3) is 0.364. The van der Waals surface area contributed by atoms with E-state index in [9.17, 15) is 4.79 Å². The molecule has 2 N–H and O–H groups in total. The topological polar surface area (TPSA) is 46.3 Å². The smallest absolute Gasteiger partial charge is 0.228 e. The van der Waals surface area contributed by atoms with Crippen LogP contribution in [0.2, 0.25) is 0 Å². The average Bonchev–Trinajstić information content (AvgIpc) is 2.45. The van der Waals surface area contributed by atoms with E-state index in [1.54, 1.807) is 4.90 Å². The first-order chi connectivity index (χ1) is 6.66. The molecular weight excluding hydrogens is 176 g/mol. The summed E-state index contributed by atoms with van der Waals surface area (Å²) in [5.74, 6) is 0.128. The van der Waals surface area contributed by atoms with Gasteiger partial charge < -0.3 is 10.6 Å². The van der Waals surface area contributed by atoms with Gasteiger partial charge in [0.25, 0.3) is 0 Å². The van der Waals surface area contributed by atoms with Crippen molar-refractivity contribution in [2.24, 2.45) is 5.73 Å². The Hall–Kier alpha value is -1.35. The van der Waals surface area contributed by atoms with Crippen LogP contribution in [0.1, 0.15) is 12.0 Å². The molecule has 2 rings (SSSR count). The van der Waals surface area contributed by atoms with E-state index in [-0.39, 0.29) is 11.9 Å². The number of aryl methyl sites for hydroxylation is 1. The van der Waals surface area contributed by atoms with E-state index < -0.39 is 0 Å². The van der Waals surface area contributed by atoms with Gasteiger partial charge in [-0.3, -0.25) is 4.79 Å². The number of amides is 1. The number of benzene rings is 1. The lowest BCUT2D eigenvalue weighted by Crippen LogP contribution is -2.27. The van der Waals surface area contributed by atoms with Crippen molar-refractivity contribution in [3.8, 4) is 0 Å². The summed E-state index contributed by atoms with van der Waals surface area (Å²) < 4.78 is 0. The Morgan fingerprint density at radius 1 is 1.50 bits per heavy atom. The zero-order chi connectivity index (χ0) is 10.1. The summed E-state index contributed by atoms with van der Waals surface area (Å²) >= 11 is 0. The van der Waals surface area contributed by atoms with E-state index in [2.05, 4.69) is 0 Å². The molecule has 1 atom stereocenters. The zero-order valence-corrected chi connectivity index (χ0v) is 8.23. The molecule has 1 aromatic rings. The standard InChI is InChI=1S/C11H14N2O/c1-8-3-2-4-10(5-8)13-7-9(12)6-11(13)14/h2-5,9H,6-7,12H2,1H3/t9-/m1/s1. The minimum Gasteiger partial charge on any atom is -0.326 e. The van der Waals surface area contributed by atoms with Gasteiger partial charge in [0.05, 0.1) is 0 Å². The van der Waals surface area contributed by atoms with E-state index in [1.165, 1.54) is 0 Å². The Labute approximate surface area is 83.5 Å². The number of rotatable bonds is 1. The largest absolute Gasteiger partial charge is 0.326 e. The van der Waals surface area contributed by atoms with Gasteiger partial charge in [-0.05, 0) is 24.6 Å². The predicted molar refractivity (Wildman–Crippen MR) is 56.1 cm³/mol. The van der Waals surface area contributed by atoms with Crippen molar-refractivity contribution >= 4 is 11.6 Å².